The van der Waals surface area contributed by atoms with Crippen LogP contribution in [-0.2, 0) is 4.79 Å². The van der Waals surface area contributed by atoms with Gasteiger partial charge in [0.25, 0.3) is 0 Å². The molecule has 0 aromatic heterocycles. The average molecular weight is 232 g/mol. The van der Waals surface area contributed by atoms with Crippen molar-refractivity contribution < 1.29 is 14.3 Å². The van der Waals surface area contributed by atoms with Crippen LogP contribution in [0.2, 0.25) is 5.02 Å². The molecule has 0 saturated heterocycles. The van der Waals surface area contributed by atoms with Gasteiger partial charge in [0, 0.05) is 10.6 Å². The molecule has 82 valence electrons. The van der Waals surface area contributed by atoms with Gasteiger partial charge in [-0.2, -0.15) is 0 Å². The normalized spacial score (nSPS) is 12.5. The zero-order chi connectivity index (χ0) is 11.4. The summed E-state index contributed by atoms with van der Waals surface area (Å²) in [5.41, 5.74) is 0.0526. The van der Waals surface area contributed by atoms with Crippen LogP contribution in [0.1, 0.15) is 18.5 Å². The van der Waals surface area contributed by atoms with Crippen molar-refractivity contribution in [1.82, 2.24) is 5.32 Å². The lowest BCUT2D eigenvalue weighted by Crippen LogP contribution is -2.29. The zero-order valence-corrected chi connectivity index (χ0v) is 8.88. The third kappa shape index (κ3) is 2.91. The summed E-state index contributed by atoms with van der Waals surface area (Å²) < 4.78 is 13.3. The molecular formula is C10H11ClFNO2. The van der Waals surface area contributed by atoms with E-state index in [2.05, 4.69) is 5.32 Å². The zero-order valence-electron chi connectivity index (χ0n) is 8.13. The lowest BCUT2D eigenvalue weighted by molar-refractivity contribution is -0.139. The third-order valence-corrected chi connectivity index (χ3v) is 2.16. The third-order valence-electron chi connectivity index (χ3n) is 1.92. The lowest BCUT2D eigenvalue weighted by atomic mass is 10.1. The number of rotatable bonds is 4. The summed E-state index contributed by atoms with van der Waals surface area (Å²) >= 11 is 5.68. The first-order chi connectivity index (χ1) is 7.06. The summed E-state index contributed by atoms with van der Waals surface area (Å²) in [6, 6.07) is 2.79. The molecule has 0 amide bonds. The van der Waals surface area contributed by atoms with Crippen LogP contribution in [0.4, 0.5) is 4.39 Å². The second-order valence-electron chi connectivity index (χ2n) is 2.99. The van der Waals surface area contributed by atoms with Gasteiger partial charge in [0.1, 0.15) is 11.9 Å². The van der Waals surface area contributed by atoms with Gasteiger partial charge < -0.3 is 10.4 Å². The van der Waals surface area contributed by atoms with Gasteiger partial charge in [-0.15, -0.1) is 0 Å². The van der Waals surface area contributed by atoms with Crippen LogP contribution in [0.25, 0.3) is 0 Å². The van der Waals surface area contributed by atoms with Crippen LogP contribution in [-0.4, -0.2) is 17.6 Å². The Morgan fingerprint density at radius 2 is 2.33 bits per heavy atom. The van der Waals surface area contributed by atoms with Crippen LogP contribution < -0.4 is 5.32 Å². The molecule has 0 saturated carbocycles. The molecule has 0 heterocycles. The van der Waals surface area contributed by atoms with Crippen molar-refractivity contribution in [3.8, 4) is 0 Å². The van der Waals surface area contributed by atoms with Crippen molar-refractivity contribution in [3.63, 3.8) is 0 Å². The van der Waals surface area contributed by atoms with E-state index < -0.39 is 17.8 Å². The summed E-state index contributed by atoms with van der Waals surface area (Å²) in [6.07, 6.45) is 0. The van der Waals surface area contributed by atoms with E-state index in [9.17, 15) is 9.18 Å². The Hall–Kier alpha value is -1.13. The lowest BCUT2D eigenvalue weighted by Gasteiger charge is -2.14. The van der Waals surface area contributed by atoms with Crippen LogP contribution in [0, 0.1) is 5.82 Å². The van der Waals surface area contributed by atoms with Crippen LogP contribution in [0.3, 0.4) is 0 Å². The monoisotopic (exact) mass is 231 g/mol. The Bertz CT molecular complexity index is 370. The highest BCUT2D eigenvalue weighted by Crippen LogP contribution is 2.21. The van der Waals surface area contributed by atoms with Crippen molar-refractivity contribution in [2.75, 3.05) is 6.54 Å². The molecule has 1 aromatic rings. The van der Waals surface area contributed by atoms with Crippen molar-refractivity contribution in [3.05, 3.63) is 34.6 Å². The molecule has 1 unspecified atom stereocenters. The van der Waals surface area contributed by atoms with Gasteiger partial charge in [-0.05, 0) is 24.7 Å². The number of likely N-dealkylation sites (N-methyl/N-ethyl adjacent to an activating group) is 1. The molecule has 1 rings (SSSR count). The van der Waals surface area contributed by atoms with Crippen molar-refractivity contribution in [2.24, 2.45) is 0 Å². The van der Waals surface area contributed by atoms with Crippen molar-refractivity contribution in [2.45, 2.75) is 13.0 Å². The highest BCUT2D eigenvalue weighted by Gasteiger charge is 2.22. The molecule has 0 radical (unpaired) electrons. The maximum atomic E-state index is 13.3. The standard InChI is InChI=1S/C10H11ClFNO2/c1-2-13-9(10(14)15)7-5-6(11)3-4-8(7)12/h3-5,9,13H,2H2,1H3,(H,14,15). The van der Waals surface area contributed by atoms with Crippen molar-refractivity contribution in [1.29, 1.82) is 0 Å². The molecule has 0 spiro atoms. The topological polar surface area (TPSA) is 49.3 Å². The minimum Gasteiger partial charge on any atom is -0.480 e. The van der Waals surface area contributed by atoms with Crippen LogP contribution >= 0.6 is 11.6 Å². The first-order valence-electron chi connectivity index (χ1n) is 4.47. The van der Waals surface area contributed by atoms with Gasteiger partial charge in [0.15, 0.2) is 0 Å². The van der Waals surface area contributed by atoms with Gasteiger partial charge in [0.05, 0.1) is 0 Å². The molecule has 0 fully saturated rings. The highest BCUT2D eigenvalue weighted by atomic mass is 35.5. The van der Waals surface area contributed by atoms with E-state index in [4.69, 9.17) is 16.7 Å². The summed E-state index contributed by atoms with van der Waals surface area (Å²) in [6.45, 7) is 2.18. The number of halogens is 2. The number of hydrogen-bond donors (Lipinski definition) is 2. The van der Waals surface area contributed by atoms with E-state index in [1.165, 1.54) is 12.1 Å². The summed E-state index contributed by atoms with van der Waals surface area (Å²) in [4.78, 5) is 10.9. The molecular weight excluding hydrogens is 221 g/mol. The van der Waals surface area contributed by atoms with Crippen LogP contribution in [0.15, 0.2) is 18.2 Å². The second-order valence-corrected chi connectivity index (χ2v) is 3.43. The molecule has 15 heavy (non-hydrogen) atoms. The van der Waals surface area contributed by atoms with Gasteiger partial charge in [-0.25, -0.2) is 4.39 Å². The quantitative estimate of drug-likeness (QED) is 0.835. The smallest absolute Gasteiger partial charge is 0.325 e. The molecule has 0 aliphatic carbocycles. The van der Waals surface area contributed by atoms with E-state index in [-0.39, 0.29) is 5.56 Å². The predicted octanol–water partition coefficient (Wildman–Crippen LogP) is 2.21. The Balaban J connectivity index is 3.09. The first-order valence-corrected chi connectivity index (χ1v) is 4.85. The fraction of sp³-hybridized carbons (Fsp3) is 0.300. The Labute approximate surface area is 91.9 Å². The maximum absolute atomic E-state index is 13.3. The van der Waals surface area contributed by atoms with Gasteiger partial charge >= 0.3 is 5.97 Å². The summed E-state index contributed by atoms with van der Waals surface area (Å²) in [5.74, 6) is -1.70. The van der Waals surface area contributed by atoms with Gasteiger partial charge in [-0.3, -0.25) is 4.79 Å². The Kier molecular flexibility index (Phi) is 4.05. The Morgan fingerprint density at radius 1 is 1.67 bits per heavy atom. The molecule has 0 bridgehead atoms. The van der Waals surface area contributed by atoms with Gasteiger partial charge in [-0.1, -0.05) is 18.5 Å². The minimum absolute atomic E-state index is 0.0526. The van der Waals surface area contributed by atoms with E-state index >= 15 is 0 Å². The minimum atomic E-state index is -1.13. The Morgan fingerprint density at radius 3 is 2.87 bits per heavy atom. The average Bonchev–Trinajstić information content (AvgIpc) is 2.18. The summed E-state index contributed by atoms with van der Waals surface area (Å²) in [5, 5.41) is 11.9. The van der Waals surface area contributed by atoms with E-state index in [0.717, 1.165) is 6.07 Å². The SMILES string of the molecule is CCNC(C(=O)O)c1cc(Cl)ccc1F. The van der Waals surface area contributed by atoms with Gasteiger partial charge in [0.2, 0.25) is 0 Å². The number of nitrogens with one attached hydrogen (secondary N) is 1. The van der Waals surface area contributed by atoms with E-state index in [0.29, 0.717) is 11.6 Å². The maximum Gasteiger partial charge on any atom is 0.325 e. The predicted molar refractivity (Wildman–Crippen MR) is 55.5 cm³/mol. The highest BCUT2D eigenvalue weighted by molar-refractivity contribution is 6.30. The molecule has 0 aliphatic heterocycles. The van der Waals surface area contributed by atoms with Crippen molar-refractivity contribution >= 4 is 17.6 Å². The number of carboxylic acids is 1. The summed E-state index contributed by atoms with van der Waals surface area (Å²) in [7, 11) is 0. The molecule has 2 N–H and O–H groups in total. The van der Waals surface area contributed by atoms with Crippen LogP contribution in [0.5, 0.6) is 0 Å². The number of hydrogen-bond acceptors (Lipinski definition) is 2. The number of benzene rings is 1. The number of carboxylic acid groups (broad SMARTS) is 1. The molecule has 5 heteroatoms. The fourth-order valence-corrected chi connectivity index (χ4v) is 1.45. The molecule has 1 atom stereocenters. The second kappa shape index (κ2) is 5.09. The molecule has 3 nitrogen and oxygen atoms in total. The molecule has 1 aromatic carbocycles. The number of aliphatic carboxylic acids is 1. The number of carbonyl (C=O) groups is 1. The van der Waals surface area contributed by atoms with E-state index in [1.807, 2.05) is 0 Å². The molecule has 0 aliphatic rings. The largest absolute Gasteiger partial charge is 0.480 e. The van der Waals surface area contributed by atoms with E-state index in [1.54, 1.807) is 6.92 Å². The fourth-order valence-electron chi connectivity index (χ4n) is 1.27. The first kappa shape index (κ1) is 11.9.